The maximum atomic E-state index is 11.5. The lowest BCUT2D eigenvalue weighted by Crippen LogP contribution is -1.96. The number of carbonyl (C=O) groups is 1. The van der Waals surface area contributed by atoms with E-state index in [1.807, 2.05) is 37.3 Å². The Balaban J connectivity index is 2.33. The molecule has 0 bridgehead atoms. The molecule has 0 N–H and O–H groups in total. The van der Waals surface area contributed by atoms with Crippen LogP contribution in [0.4, 0.5) is 0 Å². The van der Waals surface area contributed by atoms with Crippen LogP contribution in [0.15, 0.2) is 34.8 Å². The minimum absolute atomic E-state index is 0.114. The summed E-state index contributed by atoms with van der Waals surface area (Å²) in [7, 11) is 0. The Hall–Kier alpha value is -1.09. The van der Waals surface area contributed by atoms with Crippen molar-refractivity contribution in [3.63, 3.8) is 0 Å². The van der Waals surface area contributed by atoms with Gasteiger partial charge in [0, 0.05) is 16.5 Å². The maximum Gasteiger partial charge on any atom is 0.339 e. The van der Waals surface area contributed by atoms with E-state index in [9.17, 15) is 4.79 Å². The third kappa shape index (κ3) is 1.97. The zero-order valence-corrected chi connectivity index (χ0v) is 9.95. The van der Waals surface area contributed by atoms with Gasteiger partial charge in [-0.3, -0.25) is 0 Å². The van der Waals surface area contributed by atoms with E-state index in [-0.39, 0.29) is 12.1 Å². The average molecular weight is 267 g/mol. The summed E-state index contributed by atoms with van der Waals surface area (Å²) in [6.45, 7) is 1.96. The van der Waals surface area contributed by atoms with Gasteiger partial charge in [-0.25, -0.2) is 4.79 Å². The highest BCUT2D eigenvalue weighted by Crippen LogP contribution is 2.34. The molecule has 1 aliphatic rings. The summed E-state index contributed by atoms with van der Waals surface area (Å²) in [5.41, 5.74) is 1.67. The normalized spacial score (nSPS) is 19.3. The standard InChI is InChI=1S/C12H11BrO2/c1-2-3-4-11-9-6-5-8(13)7-10(9)12(14)15-11/h2-3,5-7,11H,4H2,1H3/b3-2-. The highest BCUT2D eigenvalue weighted by molar-refractivity contribution is 9.10. The van der Waals surface area contributed by atoms with Crippen LogP contribution in [0.2, 0.25) is 0 Å². The van der Waals surface area contributed by atoms with Crippen LogP contribution in [0.5, 0.6) is 0 Å². The molecule has 1 aromatic carbocycles. The third-order valence-electron chi connectivity index (χ3n) is 2.42. The molecule has 0 saturated carbocycles. The van der Waals surface area contributed by atoms with Gasteiger partial charge in [-0.2, -0.15) is 0 Å². The first-order chi connectivity index (χ1) is 7.22. The number of carbonyl (C=O) groups excluding carboxylic acids is 1. The first-order valence-corrected chi connectivity index (χ1v) is 5.63. The van der Waals surface area contributed by atoms with Crippen LogP contribution in [-0.4, -0.2) is 5.97 Å². The van der Waals surface area contributed by atoms with Crippen LogP contribution in [0.3, 0.4) is 0 Å². The van der Waals surface area contributed by atoms with Crippen molar-refractivity contribution in [1.29, 1.82) is 0 Å². The highest BCUT2D eigenvalue weighted by Gasteiger charge is 2.29. The molecule has 0 amide bonds. The monoisotopic (exact) mass is 266 g/mol. The van der Waals surface area contributed by atoms with Crippen molar-refractivity contribution in [2.45, 2.75) is 19.4 Å². The molecule has 2 nitrogen and oxygen atoms in total. The average Bonchev–Trinajstić information content (AvgIpc) is 2.53. The van der Waals surface area contributed by atoms with Gasteiger partial charge in [0.05, 0.1) is 5.56 Å². The summed E-state index contributed by atoms with van der Waals surface area (Å²) in [5, 5.41) is 0. The van der Waals surface area contributed by atoms with Crippen LogP contribution in [0, 0.1) is 0 Å². The quantitative estimate of drug-likeness (QED) is 0.604. The summed E-state index contributed by atoms with van der Waals surface area (Å²) in [5.74, 6) is -0.221. The van der Waals surface area contributed by atoms with Gasteiger partial charge in [0.1, 0.15) is 6.10 Å². The van der Waals surface area contributed by atoms with E-state index < -0.39 is 0 Å². The summed E-state index contributed by atoms with van der Waals surface area (Å²) in [6.07, 6.45) is 4.60. The second-order valence-electron chi connectivity index (χ2n) is 3.43. The molecule has 0 aliphatic carbocycles. The lowest BCUT2D eigenvalue weighted by molar-refractivity contribution is 0.0392. The van der Waals surface area contributed by atoms with Crippen LogP contribution < -0.4 is 0 Å². The van der Waals surface area contributed by atoms with Crippen molar-refractivity contribution in [1.82, 2.24) is 0 Å². The molecule has 15 heavy (non-hydrogen) atoms. The third-order valence-corrected chi connectivity index (χ3v) is 2.91. The van der Waals surface area contributed by atoms with Gasteiger partial charge in [-0.15, -0.1) is 0 Å². The predicted octanol–water partition coefficient (Wildman–Crippen LogP) is 3.63. The van der Waals surface area contributed by atoms with E-state index in [0.29, 0.717) is 5.56 Å². The Morgan fingerprint density at radius 3 is 3.07 bits per heavy atom. The van der Waals surface area contributed by atoms with Gasteiger partial charge in [-0.05, 0) is 19.1 Å². The highest BCUT2D eigenvalue weighted by atomic mass is 79.9. The molecule has 1 heterocycles. The Morgan fingerprint density at radius 1 is 1.53 bits per heavy atom. The SMILES string of the molecule is C/C=C\CC1OC(=O)c2cc(Br)ccc21. The number of ether oxygens (including phenoxy) is 1. The molecule has 78 valence electrons. The van der Waals surface area contributed by atoms with Crippen molar-refractivity contribution in [2.24, 2.45) is 0 Å². The number of benzene rings is 1. The van der Waals surface area contributed by atoms with Crippen molar-refractivity contribution >= 4 is 21.9 Å². The smallest absolute Gasteiger partial charge is 0.339 e. The molecule has 0 fully saturated rings. The van der Waals surface area contributed by atoms with E-state index in [4.69, 9.17) is 4.74 Å². The number of hydrogen-bond donors (Lipinski definition) is 0. The Bertz CT molecular complexity index is 424. The molecule has 0 aromatic heterocycles. The minimum Gasteiger partial charge on any atom is -0.454 e. The van der Waals surface area contributed by atoms with Crippen molar-refractivity contribution < 1.29 is 9.53 Å². The predicted molar refractivity (Wildman–Crippen MR) is 61.7 cm³/mol. The summed E-state index contributed by atoms with van der Waals surface area (Å²) < 4.78 is 6.19. The lowest BCUT2D eigenvalue weighted by Gasteiger charge is -2.06. The summed E-state index contributed by atoms with van der Waals surface area (Å²) in [4.78, 5) is 11.5. The zero-order valence-electron chi connectivity index (χ0n) is 8.37. The van der Waals surface area contributed by atoms with Crippen LogP contribution >= 0.6 is 15.9 Å². The van der Waals surface area contributed by atoms with E-state index >= 15 is 0 Å². The first kappa shape index (κ1) is 10.4. The van der Waals surface area contributed by atoms with Crippen LogP contribution in [-0.2, 0) is 4.74 Å². The van der Waals surface area contributed by atoms with Crippen molar-refractivity contribution in [2.75, 3.05) is 0 Å². The van der Waals surface area contributed by atoms with Crippen LogP contribution in [0.25, 0.3) is 0 Å². The van der Waals surface area contributed by atoms with Gasteiger partial charge in [0.2, 0.25) is 0 Å². The van der Waals surface area contributed by atoms with E-state index in [2.05, 4.69) is 15.9 Å². The van der Waals surface area contributed by atoms with Gasteiger partial charge in [0.15, 0.2) is 0 Å². The topological polar surface area (TPSA) is 26.3 Å². The molecule has 2 rings (SSSR count). The number of fused-ring (bicyclic) bond motifs is 1. The number of esters is 1. The summed E-state index contributed by atoms with van der Waals surface area (Å²) in [6, 6.07) is 5.69. The Kier molecular flexibility index (Phi) is 2.91. The van der Waals surface area contributed by atoms with Gasteiger partial charge in [-0.1, -0.05) is 34.1 Å². The maximum absolute atomic E-state index is 11.5. The molecule has 1 aromatic rings. The molecule has 1 atom stereocenters. The number of hydrogen-bond acceptors (Lipinski definition) is 2. The van der Waals surface area contributed by atoms with E-state index in [0.717, 1.165) is 16.5 Å². The molecular weight excluding hydrogens is 256 g/mol. The second kappa shape index (κ2) is 4.19. The fourth-order valence-electron chi connectivity index (χ4n) is 1.68. The largest absolute Gasteiger partial charge is 0.454 e. The first-order valence-electron chi connectivity index (χ1n) is 4.84. The zero-order chi connectivity index (χ0) is 10.8. The number of cyclic esters (lactones) is 1. The van der Waals surface area contributed by atoms with Gasteiger partial charge < -0.3 is 4.74 Å². The molecule has 0 spiro atoms. The fourth-order valence-corrected chi connectivity index (χ4v) is 2.04. The Morgan fingerprint density at radius 2 is 2.33 bits per heavy atom. The van der Waals surface area contributed by atoms with Gasteiger partial charge in [0.25, 0.3) is 0 Å². The van der Waals surface area contributed by atoms with Crippen molar-refractivity contribution in [3.8, 4) is 0 Å². The van der Waals surface area contributed by atoms with Crippen LogP contribution in [0.1, 0.15) is 35.4 Å². The van der Waals surface area contributed by atoms with E-state index in [1.165, 1.54) is 0 Å². The molecule has 3 heteroatoms. The number of rotatable bonds is 2. The van der Waals surface area contributed by atoms with Crippen molar-refractivity contribution in [3.05, 3.63) is 46.0 Å². The summed E-state index contributed by atoms with van der Waals surface area (Å²) >= 11 is 3.34. The van der Waals surface area contributed by atoms with Gasteiger partial charge >= 0.3 is 5.97 Å². The number of allylic oxidation sites excluding steroid dienone is 1. The minimum atomic E-state index is -0.221. The molecular formula is C12H11BrO2. The molecule has 0 radical (unpaired) electrons. The molecule has 1 aliphatic heterocycles. The fraction of sp³-hybridized carbons (Fsp3) is 0.250. The van der Waals surface area contributed by atoms with E-state index in [1.54, 1.807) is 0 Å². The Labute approximate surface area is 97.1 Å². The molecule has 0 saturated heterocycles. The second-order valence-corrected chi connectivity index (χ2v) is 4.35. The molecule has 1 unspecified atom stereocenters. The lowest BCUT2D eigenvalue weighted by atomic mass is 10.0. The number of halogens is 1.